The van der Waals surface area contributed by atoms with Gasteiger partial charge in [0.15, 0.2) is 5.78 Å². The Morgan fingerprint density at radius 2 is 1.73 bits per heavy atom. The molecule has 22 heavy (non-hydrogen) atoms. The van der Waals surface area contributed by atoms with Crippen LogP contribution in [0.5, 0.6) is 0 Å². The number of para-hydroxylation sites is 1. The molecule has 0 aromatic heterocycles. The van der Waals surface area contributed by atoms with Crippen LogP contribution in [0, 0.1) is 12.7 Å². The number of benzene rings is 2. The van der Waals surface area contributed by atoms with Crippen LogP contribution in [0.25, 0.3) is 0 Å². The van der Waals surface area contributed by atoms with E-state index in [1.165, 1.54) is 12.1 Å². The van der Waals surface area contributed by atoms with Gasteiger partial charge in [-0.2, -0.15) is 0 Å². The molecule has 2 N–H and O–H groups in total. The van der Waals surface area contributed by atoms with Gasteiger partial charge < -0.3 is 10.6 Å². The largest absolute Gasteiger partial charge is 0.337 e. The van der Waals surface area contributed by atoms with Crippen LogP contribution in [0.2, 0.25) is 0 Å². The number of anilines is 1. The number of hydrogen-bond donors (Lipinski definition) is 2. The Hall–Kier alpha value is -2.69. The first kappa shape index (κ1) is 15.7. The Labute approximate surface area is 128 Å². The number of halogens is 1. The molecule has 0 aliphatic heterocycles. The molecule has 0 unspecified atom stereocenters. The van der Waals surface area contributed by atoms with E-state index < -0.39 is 11.8 Å². The van der Waals surface area contributed by atoms with Gasteiger partial charge in [0.2, 0.25) is 0 Å². The van der Waals surface area contributed by atoms with Gasteiger partial charge >= 0.3 is 6.03 Å². The molecule has 0 saturated carbocycles. The SMILES string of the molecule is Cc1ccc(C(=O)CCNC(=O)Nc2ccccc2F)cc1. The van der Waals surface area contributed by atoms with E-state index in [0.717, 1.165) is 5.56 Å². The van der Waals surface area contributed by atoms with Gasteiger partial charge in [-0.05, 0) is 19.1 Å². The van der Waals surface area contributed by atoms with Crippen molar-refractivity contribution in [1.82, 2.24) is 5.32 Å². The highest BCUT2D eigenvalue weighted by Crippen LogP contribution is 2.11. The van der Waals surface area contributed by atoms with Crippen LogP contribution in [-0.4, -0.2) is 18.4 Å². The van der Waals surface area contributed by atoms with Crippen LogP contribution in [0.3, 0.4) is 0 Å². The summed E-state index contributed by atoms with van der Waals surface area (Å²) in [5.74, 6) is -0.556. The van der Waals surface area contributed by atoms with Crippen LogP contribution in [0.4, 0.5) is 14.9 Å². The van der Waals surface area contributed by atoms with Crippen molar-refractivity contribution in [1.29, 1.82) is 0 Å². The number of urea groups is 1. The monoisotopic (exact) mass is 300 g/mol. The summed E-state index contributed by atoms with van der Waals surface area (Å²) < 4.78 is 13.4. The van der Waals surface area contributed by atoms with E-state index in [-0.39, 0.29) is 24.4 Å². The molecule has 2 amide bonds. The van der Waals surface area contributed by atoms with Crippen molar-refractivity contribution in [3.8, 4) is 0 Å². The molecule has 114 valence electrons. The first-order chi connectivity index (χ1) is 10.6. The maximum Gasteiger partial charge on any atom is 0.319 e. The van der Waals surface area contributed by atoms with Gasteiger partial charge in [-0.3, -0.25) is 4.79 Å². The van der Waals surface area contributed by atoms with E-state index in [4.69, 9.17) is 0 Å². The summed E-state index contributed by atoms with van der Waals surface area (Å²) in [4.78, 5) is 23.5. The summed E-state index contributed by atoms with van der Waals surface area (Å²) in [6.07, 6.45) is 0.188. The summed E-state index contributed by atoms with van der Waals surface area (Å²) in [6.45, 7) is 2.13. The number of Topliss-reactive ketones (excluding diaryl/α,β-unsaturated/α-hetero) is 1. The van der Waals surface area contributed by atoms with Gasteiger partial charge in [-0.25, -0.2) is 9.18 Å². The molecule has 0 heterocycles. The summed E-state index contributed by atoms with van der Waals surface area (Å²) >= 11 is 0. The van der Waals surface area contributed by atoms with Gasteiger partial charge in [0.1, 0.15) is 5.82 Å². The lowest BCUT2D eigenvalue weighted by molar-refractivity contribution is 0.0983. The number of rotatable bonds is 5. The minimum absolute atomic E-state index is 0.0498. The quantitative estimate of drug-likeness (QED) is 0.830. The third-order valence-electron chi connectivity index (χ3n) is 3.13. The molecule has 5 heteroatoms. The average molecular weight is 300 g/mol. The maximum absolute atomic E-state index is 13.4. The van der Waals surface area contributed by atoms with Crippen molar-refractivity contribution in [2.75, 3.05) is 11.9 Å². The molecular weight excluding hydrogens is 283 g/mol. The molecular formula is C17H17FN2O2. The Morgan fingerprint density at radius 3 is 2.41 bits per heavy atom. The Kier molecular flexibility index (Phi) is 5.25. The lowest BCUT2D eigenvalue weighted by Crippen LogP contribution is -2.30. The zero-order chi connectivity index (χ0) is 15.9. The highest BCUT2D eigenvalue weighted by molar-refractivity contribution is 5.96. The molecule has 0 spiro atoms. The van der Waals surface area contributed by atoms with Crippen molar-refractivity contribution in [3.05, 3.63) is 65.5 Å². The van der Waals surface area contributed by atoms with Crippen molar-refractivity contribution in [3.63, 3.8) is 0 Å². The van der Waals surface area contributed by atoms with Crippen LogP contribution in [0.15, 0.2) is 48.5 Å². The Bertz CT molecular complexity index is 669. The second-order valence-corrected chi connectivity index (χ2v) is 4.90. The molecule has 0 radical (unpaired) electrons. The van der Waals surface area contributed by atoms with Crippen LogP contribution < -0.4 is 10.6 Å². The van der Waals surface area contributed by atoms with Gasteiger partial charge in [0, 0.05) is 18.5 Å². The third kappa shape index (κ3) is 4.41. The average Bonchev–Trinajstić information content (AvgIpc) is 2.50. The fourth-order valence-corrected chi connectivity index (χ4v) is 1.90. The zero-order valence-electron chi connectivity index (χ0n) is 12.2. The fourth-order valence-electron chi connectivity index (χ4n) is 1.90. The van der Waals surface area contributed by atoms with E-state index in [1.54, 1.807) is 24.3 Å². The summed E-state index contributed by atoms with van der Waals surface area (Å²) in [5.41, 5.74) is 1.80. The molecule has 0 atom stereocenters. The van der Waals surface area contributed by atoms with Crippen molar-refractivity contribution >= 4 is 17.5 Å². The van der Waals surface area contributed by atoms with Crippen LogP contribution in [-0.2, 0) is 0 Å². The number of ketones is 1. The van der Waals surface area contributed by atoms with Crippen molar-refractivity contribution in [2.24, 2.45) is 0 Å². The molecule has 0 fully saturated rings. The van der Waals surface area contributed by atoms with Crippen LogP contribution in [0.1, 0.15) is 22.3 Å². The number of aryl methyl sites for hydroxylation is 1. The minimum Gasteiger partial charge on any atom is -0.337 e. The topological polar surface area (TPSA) is 58.2 Å². The predicted octanol–water partition coefficient (Wildman–Crippen LogP) is 3.53. The molecule has 0 bridgehead atoms. The van der Waals surface area contributed by atoms with Gasteiger partial charge in [-0.15, -0.1) is 0 Å². The minimum atomic E-state index is -0.540. The molecule has 0 aliphatic carbocycles. The van der Waals surface area contributed by atoms with E-state index in [2.05, 4.69) is 10.6 Å². The van der Waals surface area contributed by atoms with Gasteiger partial charge in [0.05, 0.1) is 5.69 Å². The predicted molar refractivity (Wildman–Crippen MR) is 83.5 cm³/mol. The van der Waals surface area contributed by atoms with Gasteiger partial charge in [0.25, 0.3) is 0 Å². The molecule has 2 aromatic carbocycles. The van der Waals surface area contributed by atoms with Crippen molar-refractivity contribution in [2.45, 2.75) is 13.3 Å². The fraction of sp³-hybridized carbons (Fsp3) is 0.176. The number of carbonyl (C=O) groups excluding carboxylic acids is 2. The number of amides is 2. The highest BCUT2D eigenvalue weighted by Gasteiger charge is 2.08. The zero-order valence-corrected chi connectivity index (χ0v) is 12.2. The number of nitrogens with one attached hydrogen (secondary N) is 2. The molecule has 0 aliphatic rings. The summed E-state index contributed by atoms with van der Waals surface area (Å²) in [7, 11) is 0. The Balaban J connectivity index is 1.78. The number of hydrogen-bond acceptors (Lipinski definition) is 2. The molecule has 4 nitrogen and oxygen atoms in total. The van der Waals surface area contributed by atoms with Gasteiger partial charge in [-0.1, -0.05) is 42.0 Å². The second kappa shape index (κ2) is 7.36. The van der Waals surface area contributed by atoms with E-state index in [0.29, 0.717) is 5.56 Å². The standard InChI is InChI=1S/C17H17FN2O2/c1-12-6-8-13(9-7-12)16(21)10-11-19-17(22)20-15-5-3-2-4-14(15)18/h2-9H,10-11H2,1H3,(H2,19,20,22). The van der Waals surface area contributed by atoms with E-state index in [9.17, 15) is 14.0 Å². The lowest BCUT2D eigenvalue weighted by atomic mass is 10.1. The number of carbonyl (C=O) groups is 2. The van der Waals surface area contributed by atoms with Crippen LogP contribution >= 0.6 is 0 Å². The first-order valence-electron chi connectivity index (χ1n) is 6.95. The maximum atomic E-state index is 13.4. The lowest BCUT2D eigenvalue weighted by Gasteiger charge is -2.08. The molecule has 2 rings (SSSR count). The summed E-state index contributed by atoms with van der Waals surface area (Å²) in [5, 5.41) is 4.93. The van der Waals surface area contributed by atoms with Crippen molar-refractivity contribution < 1.29 is 14.0 Å². The van der Waals surface area contributed by atoms with E-state index in [1.807, 2.05) is 19.1 Å². The molecule has 2 aromatic rings. The normalized spacial score (nSPS) is 10.1. The Morgan fingerprint density at radius 1 is 1.05 bits per heavy atom. The smallest absolute Gasteiger partial charge is 0.319 e. The first-order valence-corrected chi connectivity index (χ1v) is 6.95. The van der Waals surface area contributed by atoms with E-state index >= 15 is 0 Å². The summed E-state index contributed by atoms with van der Waals surface area (Å²) in [6, 6.07) is 12.6. The highest BCUT2D eigenvalue weighted by atomic mass is 19.1. The second-order valence-electron chi connectivity index (χ2n) is 4.90. The third-order valence-corrected chi connectivity index (χ3v) is 3.13. The molecule has 0 saturated heterocycles.